The lowest BCUT2D eigenvalue weighted by Gasteiger charge is -2.33. The molecule has 2 aromatic rings. The number of halogens is 1. The van der Waals surface area contributed by atoms with E-state index < -0.39 is 0 Å². The Morgan fingerprint density at radius 1 is 1.41 bits per heavy atom. The van der Waals surface area contributed by atoms with Crippen molar-refractivity contribution in [1.82, 2.24) is 20.4 Å². The molecule has 1 aliphatic heterocycles. The maximum Gasteiger partial charge on any atom is 0.230 e. The van der Waals surface area contributed by atoms with Gasteiger partial charge in [0.1, 0.15) is 0 Å². The summed E-state index contributed by atoms with van der Waals surface area (Å²) in [5, 5.41) is 14.4. The number of ether oxygens (including phenoxy) is 1. The molecule has 29 heavy (non-hydrogen) atoms. The van der Waals surface area contributed by atoms with E-state index in [4.69, 9.17) is 16.3 Å². The van der Waals surface area contributed by atoms with Crippen molar-refractivity contribution < 1.29 is 14.3 Å². The largest absolute Gasteiger partial charge is 0.374 e. The van der Waals surface area contributed by atoms with Gasteiger partial charge in [-0.1, -0.05) is 46.8 Å². The number of hydrogen-bond acceptors (Lipinski definition) is 8. The zero-order valence-corrected chi connectivity index (χ0v) is 18.3. The third kappa shape index (κ3) is 7.56. The summed E-state index contributed by atoms with van der Waals surface area (Å²) in [6.45, 7) is 4.89. The van der Waals surface area contributed by atoms with Gasteiger partial charge in [0.2, 0.25) is 16.9 Å². The first-order chi connectivity index (χ1) is 14.0. The molecule has 1 aliphatic rings. The third-order valence-electron chi connectivity index (χ3n) is 4.06. The van der Waals surface area contributed by atoms with Gasteiger partial charge in [-0.25, -0.2) is 0 Å². The molecule has 1 aromatic carbocycles. The van der Waals surface area contributed by atoms with Gasteiger partial charge in [0, 0.05) is 38.1 Å². The summed E-state index contributed by atoms with van der Waals surface area (Å²) in [4.78, 5) is 25.4. The molecule has 2 heterocycles. The highest BCUT2D eigenvalue weighted by molar-refractivity contribution is 8.01. The van der Waals surface area contributed by atoms with E-state index in [2.05, 4.69) is 31.8 Å². The second-order valence-corrected chi connectivity index (χ2v) is 9.14. The van der Waals surface area contributed by atoms with Crippen molar-refractivity contribution >= 4 is 51.6 Å². The fourth-order valence-corrected chi connectivity index (χ4v) is 4.66. The van der Waals surface area contributed by atoms with Gasteiger partial charge >= 0.3 is 0 Å². The monoisotopic (exact) mass is 455 g/mol. The summed E-state index contributed by atoms with van der Waals surface area (Å²) in [6, 6.07) is 7.84. The van der Waals surface area contributed by atoms with Crippen LogP contribution in [0, 0.1) is 0 Å². The van der Waals surface area contributed by atoms with E-state index in [0.29, 0.717) is 22.6 Å². The number of carbonyl (C=O) groups excluding carboxylic acids is 2. The lowest BCUT2D eigenvalue weighted by atomic mass is 10.2. The summed E-state index contributed by atoms with van der Waals surface area (Å²) in [6.07, 6.45) is -0.0511. The smallest absolute Gasteiger partial charge is 0.230 e. The molecule has 1 fully saturated rings. The minimum atomic E-state index is -0.202. The van der Waals surface area contributed by atoms with Crippen LogP contribution in [0.3, 0.4) is 0 Å². The molecule has 1 unspecified atom stereocenters. The molecular weight excluding hydrogens is 434 g/mol. The predicted molar refractivity (Wildman–Crippen MR) is 114 cm³/mol. The topological polar surface area (TPSA) is 96.5 Å². The number of morpholine rings is 1. The van der Waals surface area contributed by atoms with Crippen LogP contribution in [0.2, 0.25) is 5.02 Å². The Balaban J connectivity index is 1.38. The van der Waals surface area contributed by atoms with Crippen LogP contribution in [0.5, 0.6) is 0 Å². The SMILES string of the molecule is CC(=O)Nc1nnc(SCC(=O)NCC2CN(Cc3cccc(Cl)c3)CCO2)s1. The van der Waals surface area contributed by atoms with Crippen molar-refractivity contribution in [1.29, 1.82) is 0 Å². The van der Waals surface area contributed by atoms with Gasteiger partial charge in [-0.15, -0.1) is 10.2 Å². The van der Waals surface area contributed by atoms with Crippen LogP contribution in [0.25, 0.3) is 0 Å². The molecule has 2 amide bonds. The van der Waals surface area contributed by atoms with Crippen molar-refractivity contribution in [2.75, 3.05) is 37.3 Å². The van der Waals surface area contributed by atoms with Gasteiger partial charge < -0.3 is 15.4 Å². The number of amides is 2. The Morgan fingerprint density at radius 2 is 2.28 bits per heavy atom. The summed E-state index contributed by atoms with van der Waals surface area (Å²) < 4.78 is 6.40. The van der Waals surface area contributed by atoms with Crippen molar-refractivity contribution in [3.8, 4) is 0 Å². The standard InChI is InChI=1S/C18H22ClN5O3S2/c1-12(25)21-17-22-23-18(29-17)28-11-16(26)20-8-15-10-24(5-6-27-15)9-13-3-2-4-14(19)7-13/h2-4,7,15H,5-6,8-11H2,1H3,(H,20,26)(H,21,22,25). The summed E-state index contributed by atoms with van der Waals surface area (Å²) >= 11 is 8.58. The molecule has 1 aromatic heterocycles. The molecule has 0 saturated carbocycles. The maximum absolute atomic E-state index is 12.1. The van der Waals surface area contributed by atoms with E-state index in [0.717, 1.165) is 30.2 Å². The van der Waals surface area contributed by atoms with Crippen LogP contribution in [0.4, 0.5) is 5.13 Å². The molecule has 0 spiro atoms. The van der Waals surface area contributed by atoms with Crippen molar-refractivity contribution in [3.05, 3.63) is 34.9 Å². The van der Waals surface area contributed by atoms with E-state index in [-0.39, 0.29) is 23.7 Å². The number of rotatable bonds is 8. The molecule has 1 saturated heterocycles. The van der Waals surface area contributed by atoms with Crippen molar-refractivity contribution in [3.63, 3.8) is 0 Å². The van der Waals surface area contributed by atoms with E-state index in [1.54, 1.807) is 0 Å². The lowest BCUT2D eigenvalue weighted by Crippen LogP contribution is -2.47. The average Bonchev–Trinajstić information content (AvgIpc) is 3.12. The molecular formula is C18H22ClN5O3S2. The van der Waals surface area contributed by atoms with E-state index in [1.165, 1.54) is 30.0 Å². The van der Waals surface area contributed by atoms with Crippen LogP contribution < -0.4 is 10.6 Å². The van der Waals surface area contributed by atoms with Crippen LogP contribution in [0.15, 0.2) is 28.6 Å². The fourth-order valence-electron chi connectivity index (χ4n) is 2.82. The van der Waals surface area contributed by atoms with Gasteiger partial charge in [0.25, 0.3) is 0 Å². The maximum atomic E-state index is 12.1. The molecule has 0 aliphatic carbocycles. The number of nitrogens with one attached hydrogen (secondary N) is 2. The molecule has 8 nitrogen and oxygen atoms in total. The van der Waals surface area contributed by atoms with E-state index in [1.807, 2.05) is 18.2 Å². The summed E-state index contributed by atoms with van der Waals surface area (Å²) in [5.74, 6) is -0.0672. The van der Waals surface area contributed by atoms with Crippen LogP contribution in [-0.2, 0) is 20.9 Å². The summed E-state index contributed by atoms with van der Waals surface area (Å²) in [7, 11) is 0. The van der Waals surface area contributed by atoms with Gasteiger partial charge in [-0.05, 0) is 17.7 Å². The molecule has 1 atom stereocenters. The first-order valence-electron chi connectivity index (χ1n) is 9.07. The second-order valence-electron chi connectivity index (χ2n) is 6.50. The number of thioether (sulfide) groups is 1. The Hall–Kier alpha value is -1.72. The lowest BCUT2D eigenvalue weighted by molar-refractivity contribution is -0.119. The van der Waals surface area contributed by atoms with E-state index >= 15 is 0 Å². The minimum Gasteiger partial charge on any atom is -0.374 e. The molecule has 0 bridgehead atoms. The van der Waals surface area contributed by atoms with Gasteiger partial charge in [0.15, 0.2) is 4.34 Å². The third-order valence-corrected chi connectivity index (χ3v) is 6.27. The molecule has 156 valence electrons. The number of anilines is 1. The average molecular weight is 456 g/mol. The van der Waals surface area contributed by atoms with Gasteiger partial charge in [-0.3, -0.25) is 14.5 Å². The highest BCUT2D eigenvalue weighted by Gasteiger charge is 2.21. The Bertz CT molecular complexity index is 850. The summed E-state index contributed by atoms with van der Waals surface area (Å²) in [5.41, 5.74) is 1.16. The molecule has 0 radical (unpaired) electrons. The predicted octanol–water partition coefficient (Wildman–Crippen LogP) is 2.26. The molecule has 2 N–H and O–H groups in total. The van der Waals surface area contributed by atoms with Gasteiger partial charge in [-0.2, -0.15) is 0 Å². The van der Waals surface area contributed by atoms with E-state index in [9.17, 15) is 9.59 Å². The molecule has 3 rings (SSSR count). The zero-order valence-electron chi connectivity index (χ0n) is 15.9. The first kappa shape index (κ1) is 22.0. The van der Waals surface area contributed by atoms with Crippen molar-refractivity contribution in [2.24, 2.45) is 0 Å². The van der Waals surface area contributed by atoms with Crippen LogP contribution in [-0.4, -0.2) is 65.0 Å². The van der Waals surface area contributed by atoms with Crippen molar-refractivity contribution in [2.45, 2.75) is 23.9 Å². The normalized spacial score (nSPS) is 17.1. The zero-order chi connectivity index (χ0) is 20.6. The highest BCUT2D eigenvalue weighted by atomic mass is 35.5. The quantitative estimate of drug-likeness (QED) is 0.465. The minimum absolute atomic E-state index is 0.0511. The number of aromatic nitrogens is 2. The number of nitrogens with zero attached hydrogens (tertiary/aromatic N) is 3. The molecule has 11 heteroatoms. The van der Waals surface area contributed by atoms with Gasteiger partial charge in [0.05, 0.1) is 18.5 Å². The fraction of sp³-hybridized carbons (Fsp3) is 0.444. The van der Waals surface area contributed by atoms with Crippen LogP contribution in [0.1, 0.15) is 12.5 Å². The number of carbonyl (C=O) groups is 2. The van der Waals surface area contributed by atoms with Crippen LogP contribution >= 0.6 is 34.7 Å². The highest BCUT2D eigenvalue weighted by Crippen LogP contribution is 2.25. The second kappa shape index (κ2) is 10.9. The Morgan fingerprint density at radius 3 is 3.07 bits per heavy atom. The Kier molecular flexibility index (Phi) is 8.25. The number of hydrogen-bond donors (Lipinski definition) is 2. The Labute approximate surface area is 182 Å². The number of benzene rings is 1. The first-order valence-corrected chi connectivity index (χ1v) is 11.2.